The molecule has 1 fully saturated rings. The van der Waals surface area contributed by atoms with Gasteiger partial charge >= 0.3 is 0 Å². The first kappa shape index (κ1) is 35.0. The highest BCUT2D eigenvalue weighted by atomic mass is 32.2. The zero-order chi connectivity index (χ0) is 29.4. The van der Waals surface area contributed by atoms with Crippen molar-refractivity contribution in [3.8, 4) is 0 Å². The van der Waals surface area contributed by atoms with E-state index in [0.29, 0.717) is 11.7 Å². The largest absolute Gasteiger partial charge is 0.294 e. The van der Waals surface area contributed by atoms with Crippen molar-refractivity contribution in [2.75, 3.05) is 0 Å². The second-order valence-electron chi connectivity index (χ2n) is 11.1. The van der Waals surface area contributed by atoms with Gasteiger partial charge < -0.3 is 0 Å². The Labute approximate surface area is 253 Å². The molecule has 0 unspecified atom stereocenters. The first-order valence-corrected chi connectivity index (χ1v) is 16.6. The smallest absolute Gasteiger partial charge is 0.163 e. The lowest BCUT2D eigenvalue weighted by atomic mass is 9.96. The van der Waals surface area contributed by atoms with Gasteiger partial charge in [-0.25, -0.2) is 5.26 Å². The highest BCUT2D eigenvalue weighted by Gasteiger charge is 2.19. The van der Waals surface area contributed by atoms with Crippen LogP contribution in [0, 0.1) is 5.92 Å². The van der Waals surface area contributed by atoms with Crippen LogP contribution in [0.1, 0.15) is 127 Å². The summed E-state index contributed by atoms with van der Waals surface area (Å²) < 4.78 is 4.19. The van der Waals surface area contributed by atoms with Crippen LogP contribution in [0.2, 0.25) is 0 Å². The average molecular weight is 581 g/mol. The number of hydrogen-bond donors (Lipinski definition) is 1. The van der Waals surface area contributed by atoms with Crippen LogP contribution >= 0.6 is 12.0 Å². The predicted octanol–water partition coefficient (Wildman–Crippen LogP) is 12.0. The maximum absolute atomic E-state index is 12.2. The van der Waals surface area contributed by atoms with Crippen LogP contribution in [0.3, 0.4) is 0 Å². The van der Waals surface area contributed by atoms with Crippen LogP contribution < -0.4 is 0 Å². The van der Waals surface area contributed by atoms with E-state index in [0.717, 1.165) is 34.3 Å². The van der Waals surface area contributed by atoms with Gasteiger partial charge in [0, 0.05) is 16.9 Å². The number of hydrogen-bond acceptors (Lipinski definition) is 5. The Morgan fingerprint density at radius 1 is 0.732 bits per heavy atom. The van der Waals surface area contributed by atoms with E-state index in [1.165, 1.54) is 102 Å². The van der Waals surface area contributed by atoms with Gasteiger partial charge in [-0.3, -0.25) is 4.79 Å². The molecule has 5 heteroatoms. The SMILES string of the molecule is CCCCCCCCCCCCC.O=C(CC1CCCC1)c1ccc2ccccc2c1.OOOSc1ccccc1. The summed E-state index contributed by atoms with van der Waals surface area (Å²) in [5, 5.41) is 13.6. The molecule has 226 valence electrons. The highest BCUT2D eigenvalue weighted by Crippen LogP contribution is 2.29. The van der Waals surface area contributed by atoms with Gasteiger partial charge in [-0.2, -0.15) is 0 Å². The number of fused-ring (bicyclic) bond motifs is 1. The number of Topliss-reactive ketones (excluding diaryl/α,β-unsaturated/α-hetero) is 1. The van der Waals surface area contributed by atoms with Crippen molar-refractivity contribution >= 4 is 28.6 Å². The van der Waals surface area contributed by atoms with E-state index in [4.69, 9.17) is 5.26 Å². The molecule has 1 aliphatic carbocycles. The highest BCUT2D eigenvalue weighted by molar-refractivity contribution is 7.94. The number of rotatable bonds is 16. The molecule has 0 amide bonds. The Kier molecular flexibility index (Phi) is 20.0. The molecule has 0 heterocycles. The summed E-state index contributed by atoms with van der Waals surface area (Å²) in [5.74, 6) is 0.941. The number of carbonyl (C=O) groups is 1. The van der Waals surface area contributed by atoms with Gasteiger partial charge in [0.1, 0.15) is 0 Å². The molecule has 1 aliphatic rings. The van der Waals surface area contributed by atoms with Gasteiger partial charge in [0.2, 0.25) is 0 Å². The lowest BCUT2D eigenvalue weighted by molar-refractivity contribution is -0.432. The van der Waals surface area contributed by atoms with Crippen molar-refractivity contribution in [2.24, 2.45) is 5.92 Å². The van der Waals surface area contributed by atoms with Crippen LogP contribution in [0.25, 0.3) is 10.8 Å². The number of ketones is 1. The molecule has 0 aliphatic heterocycles. The van der Waals surface area contributed by atoms with Gasteiger partial charge in [-0.1, -0.05) is 170 Å². The summed E-state index contributed by atoms with van der Waals surface area (Å²) in [6, 6.07) is 23.6. The van der Waals surface area contributed by atoms with Crippen molar-refractivity contribution in [1.29, 1.82) is 0 Å². The summed E-state index contributed by atoms with van der Waals surface area (Å²) in [5.41, 5.74) is 0.876. The van der Waals surface area contributed by atoms with Crippen LogP contribution in [0.5, 0.6) is 0 Å². The molecule has 1 saturated carbocycles. The standard InChI is InChI=1S/C17H18O.C13H28.C6H6O3S/c18-17(11-13-5-1-2-6-13)16-10-9-14-7-3-4-8-15(14)12-16;1-3-5-7-9-11-13-12-10-8-6-4-2;7-8-9-10-6-4-2-1-3-5-6/h3-4,7-10,12-13H,1-2,5-6,11H2;3-13H2,1-2H3;1-5,7H. The molecule has 3 aromatic carbocycles. The zero-order valence-corrected chi connectivity index (χ0v) is 26.2. The second-order valence-corrected chi connectivity index (χ2v) is 11.8. The van der Waals surface area contributed by atoms with E-state index in [-0.39, 0.29) is 0 Å². The maximum Gasteiger partial charge on any atom is 0.163 e. The normalized spacial score (nSPS) is 12.9. The molecular weight excluding hydrogens is 528 g/mol. The molecule has 0 aromatic heterocycles. The van der Waals surface area contributed by atoms with E-state index >= 15 is 0 Å². The molecule has 3 aromatic rings. The molecule has 1 N–H and O–H groups in total. The molecule has 4 rings (SSSR count). The van der Waals surface area contributed by atoms with E-state index in [2.05, 4.69) is 41.4 Å². The van der Waals surface area contributed by atoms with Crippen LogP contribution in [0.15, 0.2) is 77.7 Å². The van der Waals surface area contributed by atoms with Gasteiger partial charge in [0.05, 0.1) is 12.0 Å². The third-order valence-corrected chi connectivity index (χ3v) is 8.22. The van der Waals surface area contributed by atoms with E-state index in [1.54, 1.807) is 0 Å². The average Bonchev–Trinajstić information content (AvgIpc) is 3.53. The van der Waals surface area contributed by atoms with E-state index in [1.807, 2.05) is 54.6 Å². The summed E-state index contributed by atoms with van der Waals surface area (Å²) in [7, 11) is 0. The van der Waals surface area contributed by atoms with Gasteiger partial charge in [-0.15, -0.1) is 4.33 Å². The first-order valence-electron chi connectivity index (χ1n) is 15.9. The topological polar surface area (TPSA) is 55.8 Å². The van der Waals surface area contributed by atoms with Gasteiger partial charge in [-0.05, 0) is 34.9 Å². The Balaban J connectivity index is 0.000000227. The lowest BCUT2D eigenvalue weighted by Crippen LogP contribution is -2.05. The molecule has 0 radical (unpaired) electrons. The molecule has 4 nitrogen and oxygen atoms in total. The molecule has 41 heavy (non-hydrogen) atoms. The second kappa shape index (κ2) is 23.4. The summed E-state index contributed by atoms with van der Waals surface area (Å²) in [4.78, 5) is 13.1. The van der Waals surface area contributed by atoms with Crippen molar-refractivity contribution in [2.45, 2.75) is 121 Å². The fourth-order valence-corrected chi connectivity index (χ4v) is 5.60. The Hall–Kier alpha value is -2.18. The van der Waals surface area contributed by atoms with E-state index < -0.39 is 0 Å². The molecule has 0 atom stereocenters. The Morgan fingerprint density at radius 2 is 1.27 bits per heavy atom. The minimum atomic E-state index is 0.313. The van der Waals surface area contributed by atoms with Crippen molar-refractivity contribution in [3.63, 3.8) is 0 Å². The monoisotopic (exact) mass is 580 g/mol. The van der Waals surface area contributed by atoms with Crippen LogP contribution in [0.4, 0.5) is 0 Å². The summed E-state index contributed by atoms with van der Waals surface area (Å²) in [6.45, 7) is 4.56. The lowest BCUT2D eigenvalue weighted by Gasteiger charge is -2.08. The van der Waals surface area contributed by atoms with Gasteiger partial charge in [0.15, 0.2) is 5.78 Å². The van der Waals surface area contributed by atoms with Crippen molar-refractivity contribution in [1.82, 2.24) is 0 Å². The Bertz CT molecular complexity index is 1040. The quantitative estimate of drug-likeness (QED) is 0.0600. The molecular formula is C36H52O4S. The van der Waals surface area contributed by atoms with E-state index in [9.17, 15) is 4.79 Å². The minimum Gasteiger partial charge on any atom is -0.294 e. The Morgan fingerprint density at radius 3 is 1.83 bits per heavy atom. The molecule has 0 saturated heterocycles. The number of benzene rings is 3. The van der Waals surface area contributed by atoms with Gasteiger partial charge in [0.25, 0.3) is 0 Å². The fraction of sp³-hybridized carbons (Fsp3) is 0.528. The number of carbonyl (C=O) groups excluding carboxylic acids is 1. The minimum absolute atomic E-state index is 0.313. The third kappa shape index (κ3) is 16.1. The maximum atomic E-state index is 12.2. The fourth-order valence-electron chi connectivity index (χ4n) is 5.23. The number of unbranched alkanes of at least 4 members (excludes halogenated alkanes) is 10. The predicted molar refractivity (Wildman–Crippen MR) is 174 cm³/mol. The zero-order valence-electron chi connectivity index (χ0n) is 25.4. The first-order chi connectivity index (χ1) is 20.2. The van der Waals surface area contributed by atoms with Crippen LogP contribution in [-0.2, 0) is 9.37 Å². The molecule has 0 spiro atoms. The third-order valence-electron chi connectivity index (χ3n) is 7.63. The van der Waals surface area contributed by atoms with Crippen molar-refractivity contribution in [3.05, 3.63) is 78.4 Å². The summed E-state index contributed by atoms with van der Waals surface area (Å²) in [6.07, 6.45) is 21.7. The van der Waals surface area contributed by atoms with Crippen molar-refractivity contribution < 1.29 is 19.4 Å². The molecule has 0 bridgehead atoms. The van der Waals surface area contributed by atoms with Crippen LogP contribution in [-0.4, -0.2) is 11.0 Å². The summed E-state index contributed by atoms with van der Waals surface area (Å²) >= 11 is 0.948.